The molecule has 1 aliphatic heterocycles. The molecule has 2 aromatic heterocycles. The molecule has 0 atom stereocenters. The molecule has 4 rings (SSSR count). The molecule has 5 nitrogen and oxygen atoms in total. The van der Waals surface area contributed by atoms with Crippen LogP contribution in [0, 0.1) is 6.92 Å². The molecule has 0 saturated carbocycles. The smallest absolute Gasteiger partial charge is 0.144 e. The van der Waals surface area contributed by atoms with E-state index in [0.717, 1.165) is 43.0 Å². The quantitative estimate of drug-likeness (QED) is 0.755. The van der Waals surface area contributed by atoms with Gasteiger partial charge in [-0.2, -0.15) is 0 Å². The zero-order chi connectivity index (χ0) is 16.7. The summed E-state index contributed by atoms with van der Waals surface area (Å²) in [4.78, 5) is 9.27. The number of pyridine rings is 1. The summed E-state index contributed by atoms with van der Waals surface area (Å²) in [6.07, 6.45) is 3.06. The van der Waals surface area contributed by atoms with Crippen molar-refractivity contribution in [1.82, 2.24) is 14.5 Å². The number of aromatic hydroxyl groups is 2. The van der Waals surface area contributed by atoms with Gasteiger partial charge in [0.25, 0.3) is 0 Å². The molecule has 5 heteroatoms. The van der Waals surface area contributed by atoms with E-state index in [9.17, 15) is 10.2 Å². The van der Waals surface area contributed by atoms with Crippen molar-refractivity contribution in [3.8, 4) is 34.3 Å². The van der Waals surface area contributed by atoms with Crippen LogP contribution in [-0.4, -0.2) is 24.7 Å². The van der Waals surface area contributed by atoms with Crippen LogP contribution in [0.15, 0.2) is 36.4 Å². The number of para-hydroxylation sites is 1. The van der Waals surface area contributed by atoms with Crippen LogP contribution in [0.3, 0.4) is 0 Å². The van der Waals surface area contributed by atoms with Gasteiger partial charge in [-0.1, -0.05) is 12.1 Å². The number of benzene rings is 1. The Morgan fingerprint density at radius 2 is 1.75 bits per heavy atom. The molecule has 0 amide bonds. The molecule has 2 N–H and O–H groups in total. The molecular formula is C19H19N3O2. The lowest BCUT2D eigenvalue weighted by Crippen LogP contribution is -2.11. The zero-order valence-corrected chi connectivity index (χ0v) is 13.5. The third kappa shape index (κ3) is 2.33. The standard InChI is InChI=1S/C19H19N3O2/c1-12-9-10-16(24)18(20-12)17-14-7-4-5-11-22(14)19(21-17)13-6-2-3-8-15(13)23/h2-3,6,8-10,23-24H,4-5,7,11H2,1H3. The molecule has 0 fully saturated rings. The lowest BCUT2D eigenvalue weighted by molar-refractivity contribution is 0.473. The van der Waals surface area contributed by atoms with Crippen molar-refractivity contribution in [2.24, 2.45) is 0 Å². The molecule has 122 valence electrons. The number of imidazole rings is 1. The highest BCUT2D eigenvalue weighted by atomic mass is 16.3. The average Bonchev–Trinajstić information content (AvgIpc) is 2.97. The summed E-state index contributed by atoms with van der Waals surface area (Å²) in [7, 11) is 0. The lowest BCUT2D eigenvalue weighted by Gasteiger charge is -2.17. The summed E-state index contributed by atoms with van der Waals surface area (Å²) >= 11 is 0. The van der Waals surface area contributed by atoms with Gasteiger partial charge in [0.2, 0.25) is 0 Å². The van der Waals surface area contributed by atoms with Crippen molar-refractivity contribution < 1.29 is 10.2 Å². The first kappa shape index (κ1) is 14.8. The van der Waals surface area contributed by atoms with Crippen molar-refractivity contribution in [3.63, 3.8) is 0 Å². The molecule has 0 saturated heterocycles. The fourth-order valence-corrected chi connectivity index (χ4v) is 3.32. The van der Waals surface area contributed by atoms with E-state index >= 15 is 0 Å². The molecular weight excluding hydrogens is 302 g/mol. The third-order valence-corrected chi connectivity index (χ3v) is 4.50. The Kier molecular flexibility index (Phi) is 3.49. The van der Waals surface area contributed by atoms with E-state index in [4.69, 9.17) is 4.98 Å². The monoisotopic (exact) mass is 321 g/mol. The number of aromatic nitrogens is 3. The highest BCUT2D eigenvalue weighted by Gasteiger charge is 2.25. The maximum Gasteiger partial charge on any atom is 0.144 e. The SMILES string of the molecule is Cc1ccc(O)c(-c2nc(-c3ccccc3O)n3c2CCCC3)n1. The Labute approximate surface area is 140 Å². The van der Waals surface area contributed by atoms with Gasteiger partial charge >= 0.3 is 0 Å². The number of hydrogen-bond donors (Lipinski definition) is 2. The van der Waals surface area contributed by atoms with Crippen LogP contribution < -0.4 is 0 Å². The third-order valence-electron chi connectivity index (χ3n) is 4.50. The predicted molar refractivity (Wildman–Crippen MR) is 91.9 cm³/mol. The van der Waals surface area contributed by atoms with Crippen molar-refractivity contribution in [2.75, 3.05) is 0 Å². The molecule has 24 heavy (non-hydrogen) atoms. The van der Waals surface area contributed by atoms with Crippen LogP contribution in [-0.2, 0) is 13.0 Å². The zero-order valence-electron chi connectivity index (χ0n) is 13.5. The van der Waals surface area contributed by atoms with Gasteiger partial charge in [0.05, 0.1) is 5.56 Å². The van der Waals surface area contributed by atoms with E-state index in [2.05, 4.69) is 9.55 Å². The number of phenols is 1. The minimum atomic E-state index is 0.135. The molecule has 0 radical (unpaired) electrons. The molecule has 3 aromatic rings. The van der Waals surface area contributed by atoms with E-state index in [0.29, 0.717) is 17.0 Å². The van der Waals surface area contributed by atoms with Gasteiger partial charge in [-0.05, 0) is 50.5 Å². The summed E-state index contributed by atoms with van der Waals surface area (Å²) in [6, 6.07) is 10.7. The Morgan fingerprint density at radius 1 is 0.917 bits per heavy atom. The maximum atomic E-state index is 10.3. The van der Waals surface area contributed by atoms with Crippen LogP contribution in [0.5, 0.6) is 11.5 Å². The summed E-state index contributed by atoms with van der Waals surface area (Å²) in [5.74, 6) is 1.08. The Bertz CT molecular complexity index is 915. The van der Waals surface area contributed by atoms with Crippen molar-refractivity contribution in [1.29, 1.82) is 0 Å². The number of rotatable bonds is 2. The molecule has 0 unspecified atom stereocenters. The van der Waals surface area contributed by atoms with Crippen LogP contribution in [0.25, 0.3) is 22.8 Å². The molecule has 0 spiro atoms. The van der Waals surface area contributed by atoms with Crippen LogP contribution in [0.1, 0.15) is 24.2 Å². The number of fused-ring (bicyclic) bond motifs is 1. The number of nitrogens with zero attached hydrogens (tertiary/aromatic N) is 3. The fraction of sp³-hybridized carbons (Fsp3) is 0.263. The minimum Gasteiger partial charge on any atom is -0.507 e. The summed E-state index contributed by atoms with van der Waals surface area (Å²) in [6.45, 7) is 2.76. The predicted octanol–water partition coefficient (Wildman–Crippen LogP) is 3.67. The van der Waals surface area contributed by atoms with E-state index < -0.39 is 0 Å². The van der Waals surface area contributed by atoms with Gasteiger partial charge in [0, 0.05) is 17.9 Å². The Balaban J connectivity index is 1.97. The topological polar surface area (TPSA) is 71.2 Å². The average molecular weight is 321 g/mol. The molecule has 1 aromatic carbocycles. The van der Waals surface area contributed by atoms with Crippen molar-refractivity contribution in [3.05, 3.63) is 47.8 Å². The second-order valence-electron chi connectivity index (χ2n) is 6.18. The first-order valence-corrected chi connectivity index (χ1v) is 8.20. The Hall–Kier alpha value is -2.82. The first-order valence-electron chi connectivity index (χ1n) is 8.20. The van der Waals surface area contributed by atoms with Gasteiger partial charge in [-0.3, -0.25) is 0 Å². The van der Waals surface area contributed by atoms with Crippen molar-refractivity contribution >= 4 is 0 Å². The number of phenolic OH excluding ortho intramolecular Hbond substituents is 1. The van der Waals surface area contributed by atoms with Crippen LogP contribution >= 0.6 is 0 Å². The minimum absolute atomic E-state index is 0.135. The number of hydrogen-bond acceptors (Lipinski definition) is 4. The second kappa shape index (κ2) is 5.67. The largest absolute Gasteiger partial charge is 0.507 e. The van der Waals surface area contributed by atoms with Gasteiger partial charge in [0.15, 0.2) is 0 Å². The Morgan fingerprint density at radius 3 is 2.58 bits per heavy atom. The fourth-order valence-electron chi connectivity index (χ4n) is 3.32. The summed E-state index contributed by atoms with van der Waals surface area (Å²) < 4.78 is 2.15. The normalized spacial score (nSPS) is 13.7. The van der Waals surface area contributed by atoms with E-state index in [1.165, 1.54) is 0 Å². The number of aryl methyl sites for hydroxylation is 1. The van der Waals surface area contributed by atoms with Crippen LogP contribution in [0.2, 0.25) is 0 Å². The first-order chi connectivity index (χ1) is 11.6. The highest BCUT2D eigenvalue weighted by molar-refractivity contribution is 5.72. The van der Waals surface area contributed by atoms with Crippen molar-refractivity contribution in [2.45, 2.75) is 32.7 Å². The molecule has 1 aliphatic rings. The lowest BCUT2D eigenvalue weighted by atomic mass is 10.1. The molecule has 0 bridgehead atoms. The van der Waals surface area contributed by atoms with E-state index in [1.807, 2.05) is 19.1 Å². The van der Waals surface area contributed by atoms with Gasteiger partial charge in [-0.25, -0.2) is 9.97 Å². The molecule has 3 heterocycles. The van der Waals surface area contributed by atoms with Gasteiger partial charge in [0.1, 0.15) is 28.7 Å². The summed E-state index contributed by atoms with van der Waals surface area (Å²) in [5.41, 5.74) is 3.85. The maximum absolute atomic E-state index is 10.3. The summed E-state index contributed by atoms with van der Waals surface area (Å²) in [5, 5.41) is 20.5. The molecule has 0 aliphatic carbocycles. The van der Waals surface area contributed by atoms with E-state index in [-0.39, 0.29) is 11.5 Å². The second-order valence-corrected chi connectivity index (χ2v) is 6.18. The highest BCUT2D eigenvalue weighted by Crippen LogP contribution is 2.37. The van der Waals surface area contributed by atoms with E-state index in [1.54, 1.807) is 24.3 Å². The van der Waals surface area contributed by atoms with Gasteiger partial charge < -0.3 is 14.8 Å². The van der Waals surface area contributed by atoms with Crippen LogP contribution in [0.4, 0.5) is 0 Å². The van der Waals surface area contributed by atoms with Gasteiger partial charge in [-0.15, -0.1) is 0 Å².